The lowest BCUT2D eigenvalue weighted by Crippen LogP contribution is -2.29. The minimum Gasteiger partial charge on any atom is -0.316 e. The first-order valence-corrected chi connectivity index (χ1v) is 4.67. The molecule has 0 unspecified atom stereocenters. The predicted molar refractivity (Wildman–Crippen MR) is 52.1 cm³/mol. The van der Waals surface area contributed by atoms with E-state index in [4.69, 9.17) is 5.73 Å². The summed E-state index contributed by atoms with van der Waals surface area (Å²) in [5.41, 5.74) is 4.35. The van der Waals surface area contributed by atoms with Crippen molar-refractivity contribution < 1.29 is 17.6 Å². The largest absolute Gasteiger partial charge is 0.407 e. The van der Waals surface area contributed by atoms with Crippen LogP contribution in [0.1, 0.15) is 11.6 Å². The number of nitrogens with two attached hydrogens (primary N) is 1. The van der Waals surface area contributed by atoms with Gasteiger partial charge in [-0.2, -0.15) is 13.2 Å². The minimum absolute atomic E-state index is 0.513. The Morgan fingerprint density at radius 3 is 2.36 bits per heavy atom. The van der Waals surface area contributed by atoms with E-state index in [1.54, 1.807) is 22.6 Å². The van der Waals surface area contributed by atoms with E-state index in [9.17, 15) is 17.6 Å². The van der Waals surface area contributed by atoms with Crippen molar-refractivity contribution in [1.29, 1.82) is 0 Å². The van der Waals surface area contributed by atoms with Crippen LogP contribution < -0.4 is 5.73 Å². The van der Waals surface area contributed by atoms with Crippen molar-refractivity contribution in [3.8, 4) is 0 Å². The smallest absolute Gasteiger partial charge is 0.316 e. The fourth-order valence-corrected chi connectivity index (χ4v) is 1.44. The highest BCUT2D eigenvalue weighted by Crippen LogP contribution is 2.32. The molecule has 14 heavy (non-hydrogen) atoms. The van der Waals surface area contributed by atoms with E-state index in [0.29, 0.717) is 3.57 Å². The molecule has 1 rings (SSSR count). The first kappa shape index (κ1) is 11.7. The van der Waals surface area contributed by atoms with Crippen LogP contribution in [0.4, 0.5) is 17.6 Å². The zero-order valence-electron chi connectivity index (χ0n) is 6.78. The van der Waals surface area contributed by atoms with E-state index in [-0.39, 0.29) is 0 Å². The Morgan fingerprint density at radius 1 is 1.29 bits per heavy atom. The zero-order valence-corrected chi connectivity index (χ0v) is 8.93. The highest BCUT2D eigenvalue weighted by Gasteiger charge is 2.39. The van der Waals surface area contributed by atoms with Gasteiger partial charge >= 0.3 is 6.18 Å². The van der Waals surface area contributed by atoms with Crippen LogP contribution in [0.2, 0.25) is 0 Å². The molecule has 0 saturated carbocycles. The topological polar surface area (TPSA) is 26.0 Å². The van der Waals surface area contributed by atoms with Gasteiger partial charge in [0, 0.05) is 9.13 Å². The molecule has 0 aliphatic carbocycles. The SMILES string of the molecule is N[C@H](c1cc(I)ccc1F)C(F)(F)F. The third-order valence-corrected chi connectivity index (χ3v) is 2.32. The first-order chi connectivity index (χ1) is 6.32. The maximum absolute atomic E-state index is 13.0. The van der Waals surface area contributed by atoms with Crippen LogP contribution in [-0.2, 0) is 0 Å². The average Bonchev–Trinajstić information content (AvgIpc) is 2.06. The number of alkyl halides is 3. The predicted octanol–water partition coefficient (Wildman–Crippen LogP) is 2.99. The Morgan fingerprint density at radius 2 is 1.86 bits per heavy atom. The molecule has 1 aromatic carbocycles. The standard InChI is InChI=1S/C8H6F4IN/c9-6-2-1-4(13)3-5(6)7(14)8(10,11)12/h1-3,7H,14H2/t7-/m1/s1. The molecule has 1 atom stereocenters. The van der Waals surface area contributed by atoms with Crippen molar-refractivity contribution in [3.63, 3.8) is 0 Å². The van der Waals surface area contributed by atoms with Crippen molar-refractivity contribution in [3.05, 3.63) is 33.1 Å². The molecular weight excluding hydrogens is 313 g/mol. The molecule has 78 valence electrons. The van der Waals surface area contributed by atoms with Gasteiger partial charge in [0.2, 0.25) is 0 Å². The second kappa shape index (κ2) is 4.01. The van der Waals surface area contributed by atoms with Gasteiger partial charge in [-0.1, -0.05) is 0 Å². The third-order valence-electron chi connectivity index (χ3n) is 1.65. The van der Waals surface area contributed by atoms with Crippen LogP contribution in [0.3, 0.4) is 0 Å². The maximum atomic E-state index is 13.0. The second-order valence-electron chi connectivity index (χ2n) is 2.69. The average molecular weight is 319 g/mol. The van der Waals surface area contributed by atoms with Gasteiger partial charge in [0.1, 0.15) is 11.9 Å². The van der Waals surface area contributed by atoms with Crippen LogP contribution >= 0.6 is 22.6 Å². The summed E-state index contributed by atoms with van der Waals surface area (Å²) in [5.74, 6) is -0.935. The van der Waals surface area contributed by atoms with Crippen LogP contribution in [0.15, 0.2) is 18.2 Å². The fraction of sp³-hybridized carbons (Fsp3) is 0.250. The van der Waals surface area contributed by atoms with Crippen LogP contribution in [-0.4, -0.2) is 6.18 Å². The Kier molecular flexibility index (Phi) is 3.36. The monoisotopic (exact) mass is 319 g/mol. The van der Waals surface area contributed by atoms with Gasteiger partial charge in [0.05, 0.1) is 0 Å². The summed E-state index contributed by atoms with van der Waals surface area (Å²) in [7, 11) is 0. The number of halogens is 5. The molecule has 0 amide bonds. The Balaban J connectivity index is 3.12. The molecule has 0 heterocycles. The summed E-state index contributed by atoms with van der Waals surface area (Å²) in [6.45, 7) is 0. The second-order valence-corrected chi connectivity index (χ2v) is 3.93. The van der Waals surface area contributed by atoms with Crippen LogP contribution in [0, 0.1) is 9.39 Å². The summed E-state index contributed by atoms with van der Waals surface area (Å²) < 4.78 is 49.9. The highest BCUT2D eigenvalue weighted by molar-refractivity contribution is 14.1. The number of rotatable bonds is 1. The first-order valence-electron chi connectivity index (χ1n) is 3.59. The van der Waals surface area contributed by atoms with Gasteiger partial charge in [-0.15, -0.1) is 0 Å². The summed E-state index contributed by atoms with van der Waals surface area (Å²) in [4.78, 5) is 0. The quantitative estimate of drug-likeness (QED) is 0.625. The number of hydrogen-bond donors (Lipinski definition) is 1. The Bertz CT molecular complexity index is 337. The normalized spacial score (nSPS) is 14.1. The van der Waals surface area contributed by atoms with E-state index >= 15 is 0 Å². The van der Waals surface area contributed by atoms with Crippen molar-refractivity contribution in [1.82, 2.24) is 0 Å². The van der Waals surface area contributed by atoms with Crippen LogP contribution in [0.25, 0.3) is 0 Å². The molecule has 0 saturated heterocycles. The van der Waals surface area contributed by atoms with Gasteiger partial charge in [0.15, 0.2) is 0 Å². The summed E-state index contributed by atoms with van der Waals surface area (Å²) in [6.07, 6.45) is -4.62. The van der Waals surface area contributed by atoms with Gasteiger partial charge in [0.25, 0.3) is 0 Å². The molecule has 0 spiro atoms. The third kappa shape index (κ3) is 2.57. The van der Waals surface area contributed by atoms with Gasteiger partial charge in [-0.3, -0.25) is 0 Å². The fourth-order valence-electron chi connectivity index (χ4n) is 0.929. The molecule has 2 N–H and O–H groups in total. The van der Waals surface area contributed by atoms with E-state index < -0.39 is 23.6 Å². The Labute approximate surface area is 91.4 Å². The highest BCUT2D eigenvalue weighted by atomic mass is 127. The molecular formula is C8H6F4IN. The zero-order chi connectivity index (χ0) is 10.9. The van der Waals surface area contributed by atoms with E-state index in [2.05, 4.69) is 0 Å². The molecule has 0 aliphatic heterocycles. The molecule has 1 aromatic rings. The van der Waals surface area contributed by atoms with Crippen LogP contribution in [0.5, 0.6) is 0 Å². The summed E-state index contributed by atoms with van der Waals surface area (Å²) in [6, 6.07) is 1.18. The number of benzene rings is 1. The maximum Gasteiger partial charge on any atom is 0.407 e. The molecule has 6 heteroatoms. The molecule has 0 fully saturated rings. The van der Waals surface area contributed by atoms with E-state index in [1.165, 1.54) is 6.07 Å². The molecule has 0 bridgehead atoms. The summed E-state index contributed by atoms with van der Waals surface area (Å²) in [5, 5.41) is 0. The lowest BCUT2D eigenvalue weighted by molar-refractivity contribution is -0.149. The molecule has 1 nitrogen and oxygen atoms in total. The Hall–Kier alpha value is -0.370. The number of hydrogen-bond acceptors (Lipinski definition) is 1. The van der Waals surface area contributed by atoms with Gasteiger partial charge < -0.3 is 5.73 Å². The lowest BCUT2D eigenvalue weighted by Gasteiger charge is -2.16. The van der Waals surface area contributed by atoms with E-state index in [0.717, 1.165) is 12.1 Å². The molecule has 0 aliphatic rings. The molecule has 0 radical (unpaired) electrons. The van der Waals surface area contributed by atoms with E-state index in [1.807, 2.05) is 0 Å². The summed E-state index contributed by atoms with van der Waals surface area (Å²) >= 11 is 1.79. The molecule has 0 aromatic heterocycles. The van der Waals surface area contributed by atoms with Crippen molar-refractivity contribution in [2.45, 2.75) is 12.2 Å². The van der Waals surface area contributed by atoms with Crippen molar-refractivity contribution >= 4 is 22.6 Å². The van der Waals surface area contributed by atoms with Gasteiger partial charge in [-0.05, 0) is 40.8 Å². The van der Waals surface area contributed by atoms with Crippen molar-refractivity contribution in [2.24, 2.45) is 5.73 Å². The van der Waals surface area contributed by atoms with Crippen molar-refractivity contribution in [2.75, 3.05) is 0 Å². The minimum atomic E-state index is -4.62. The lowest BCUT2D eigenvalue weighted by atomic mass is 10.1. The van der Waals surface area contributed by atoms with Gasteiger partial charge in [-0.25, -0.2) is 4.39 Å².